The van der Waals surface area contributed by atoms with Gasteiger partial charge in [0.05, 0.1) is 0 Å². The van der Waals surface area contributed by atoms with Gasteiger partial charge in [-0.1, -0.05) is 117 Å². The van der Waals surface area contributed by atoms with Crippen LogP contribution in [0, 0.1) is 20.8 Å². The first-order valence-electron chi connectivity index (χ1n) is 11.1. The fraction of sp³-hybridized carbons (Fsp3) is 0.875. The number of rotatable bonds is 15. The topological polar surface area (TPSA) is 0 Å². The first-order chi connectivity index (χ1) is 11.7. The summed E-state index contributed by atoms with van der Waals surface area (Å²) in [5.41, 5.74) is 0. The molecule has 0 aromatic rings. The van der Waals surface area contributed by atoms with Crippen LogP contribution in [-0.4, -0.2) is 0 Å². The molecule has 0 spiro atoms. The zero-order valence-electron chi connectivity index (χ0n) is 18.2. The first kappa shape index (κ1) is 33.1. The molecule has 0 fully saturated rings. The average molecular weight is 398 g/mol. The van der Waals surface area contributed by atoms with E-state index in [4.69, 9.17) is 0 Å². The van der Waals surface area contributed by atoms with Gasteiger partial charge in [0.25, 0.3) is 0 Å². The minimum atomic E-state index is 0. The van der Waals surface area contributed by atoms with Gasteiger partial charge in [0.15, 0.2) is 0 Å². The number of hydrogen-bond acceptors (Lipinski definition) is 0. The summed E-state index contributed by atoms with van der Waals surface area (Å²) >= 11 is 0. The zero-order valence-corrected chi connectivity index (χ0v) is 19.2. The standard InChI is InChI=1S/3C8H17.Ni/c3*1-3-5-7-8-6-4-2;/h3*1,3-8H2,2H3;/q3*-1;+3. The fourth-order valence-corrected chi connectivity index (χ4v) is 2.34. The Hall–Kier alpha value is 0.494. The van der Waals surface area contributed by atoms with Crippen molar-refractivity contribution in [3.63, 3.8) is 0 Å². The molecule has 25 heavy (non-hydrogen) atoms. The first-order valence-corrected chi connectivity index (χ1v) is 11.1. The van der Waals surface area contributed by atoms with Gasteiger partial charge in [-0.15, -0.1) is 0 Å². The molecule has 0 unspecified atom stereocenters. The van der Waals surface area contributed by atoms with Crippen LogP contribution in [0.25, 0.3) is 0 Å². The number of hydrogen-bond donors (Lipinski definition) is 0. The van der Waals surface area contributed by atoms with Gasteiger partial charge in [0.2, 0.25) is 0 Å². The van der Waals surface area contributed by atoms with Gasteiger partial charge < -0.3 is 20.8 Å². The van der Waals surface area contributed by atoms with Crippen molar-refractivity contribution in [2.45, 2.75) is 136 Å². The van der Waals surface area contributed by atoms with Crippen LogP contribution in [0.5, 0.6) is 0 Å². The van der Waals surface area contributed by atoms with Crippen LogP contribution in [0.1, 0.15) is 136 Å². The van der Waals surface area contributed by atoms with Crippen LogP contribution in [0.2, 0.25) is 0 Å². The Bertz CT molecular complexity index is 110. The molecular formula is C24H51Ni. The Morgan fingerprint density at radius 1 is 0.360 bits per heavy atom. The maximum atomic E-state index is 3.78. The molecule has 157 valence electrons. The molecule has 0 atom stereocenters. The van der Waals surface area contributed by atoms with Crippen molar-refractivity contribution in [3.05, 3.63) is 20.8 Å². The van der Waals surface area contributed by atoms with Crippen LogP contribution in [0.3, 0.4) is 0 Å². The van der Waals surface area contributed by atoms with Gasteiger partial charge in [0.1, 0.15) is 0 Å². The summed E-state index contributed by atoms with van der Waals surface area (Å²) in [6, 6.07) is 0. The molecular weight excluding hydrogens is 347 g/mol. The summed E-state index contributed by atoms with van der Waals surface area (Å²) < 4.78 is 0. The SMILES string of the molecule is [CH2-]CCCCCCC.[CH2-]CCCCCCC.[CH2-]CCCCCCC.[Ni+3]. The summed E-state index contributed by atoms with van der Waals surface area (Å²) in [6.45, 7) is 18.1. The van der Waals surface area contributed by atoms with E-state index in [1.54, 1.807) is 0 Å². The molecule has 0 rings (SSSR count). The molecule has 0 aromatic heterocycles. The van der Waals surface area contributed by atoms with E-state index in [2.05, 4.69) is 41.5 Å². The van der Waals surface area contributed by atoms with Crippen molar-refractivity contribution < 1.29 is 16.5 Å². The predicted octanol–water partition coefficient (Wildman–Crippen LogP) is 9.54. The van der Waals surface area contributed by atoms with Crippen molar-refractivity contribution in [1.29, 1.82) is 0 Å². The van der Waals surface area contributed by atoms with E-state index in [1.807, 2.05) is 0 Å². The van der Waals surface area contributed by atoms with Crippen LogP contribution in [-0.2, 0) is 16.5 Å². The van der Waals surface area contributed by atoms with E-state index >= 15 is 0 Å². The third kappa shape index (κ3) is 51.6. The van der Waals surface area contributed by atoms with Crippen LogP contribution in [0.4, 0.5) is 0 Å². The second-order valence-electron chi connectivity index (χ2n) is 6.80. The maximum Gasteiger partial charge on any atom is 3.00 e. The average Bonchev–Trinajstić information content (AvgIpc) is 2.61. The van der Waals surface area contributed by atoms with Crippen molar-refractivity contribution in [2.24, 2.45) is 0 Å². The molecule has 0 aliphatic rings. The van der Waals surface area contributed by atoms with E-state index in [-0.39, 0.29) is 16.5 Å². The van der Waals surface area contributed by atoms with Gasteiger partial charge in [-0.2, -0.15) is 19.3 Å². The summed E-state index contributed by atoms with van der Waals surface area (Å²) in [4.78, 5) is 0. The van der Waals surface area contributed by atoms with Crippen LogP contribution >= 0.6 is 0 Å². The molecule has 0 nitrogen and oxygen atoms in total. The molecule has 0 aliphatic carbocycles. The molecule has 0 aliphatic heterocycles. The summed E-state index contributed by atoms with van der Waals surface area (Å²) in [5, 5.41) is 0. The van der Waals surface area contributed by atoms with Crippen molar-refractivity contribution >= 4 is 0 Å². The Morgan fingerprint density at radius 3 is 0.720 bits per heavy atom. The van der Waals surface area contributed by atoms with E-state index in [1.165, 1.54) is 96.3 Å². The van der Waals surface area contributed by atoms with Gasteiger partial charge in [0, 0.05) is 0 Å². The van der Waals surface area contributed by atoms with E-state index < -0.39 is 0 Å². The van der Waals surface area contributed by atoms with E-state index in [0.29, 0.717) is 0 Å². The second-order valence-corrected chi connectivity index (χ2v) is 6.80. The molecule has 0 saturated carbocycles. The van der Waals surface area contributed by atoms with Crippen molar-refractivity contribution in [1.82, 2.24) is 0 Å². The smallest absolute Gasteiger partial charge is 0.343 e. The third-order valence-electron chi connectivity index (χ3n) is 4.06. The quantitative estimate of drug-likeness (QED) is 0.146. The molecule has 0 bridgehead atoms. The molecule has 0 aromatic carbocycles. The normalized spacial score (nSPS) is 9.36. The monoisotopic (exact) mass is 397 g/mol. The van der Waals surface area contributed by atoms with Gasteiger partial charge >= 0.3 is 16.5 Å². The van der Waals surface area contributed by atoms with E-state index in [0.717, 1.165) is 19.3 Å². The molecule has 0 amide bonds. The molecule has 0 saturated heterocycles. The predicted molar refractivity (Wildman–Crippen MR) is 116 cm³/mol. The van der Waals surface area contributed by atoms with E-state index in [9.17, 15) is 0 Å². The summed E-state index contributed by atoms with van der Waals surface area (Å²) in [6.07, 6.45) is 23.9. The fourth-order valence-electron chi connectivity index (χ4n) is 2.34. The Morgan fingerprint density at radius 2 is 0.560 bits per heavy atom. The maximum absolute atomic E-state index is 3.78. The molecule has 0 N–H and O–H groups in total. The van der Waals surface area contributed by atoms with Crippen LogP contribution in [0.15, 0.2) is 0 Å². The third-order valence-corrected chi connectivity index (χ3v) is 4.06. The minimum absolute atomic E-state index is 0. The Balaban J connectivity index is -0.000000130. The minimum Gasteiger partial charge on any atom is -0.343 e. The van der Waals surface area contributed by atoms with Crippen LogP contribution < -0.4 is 0 Å². The van der Waals surface area contributed by atoms with Gasteiger partial charge in [-0.3, -0.25) is 0 Å². The van der Waals surface area contributed by atoms with Gasteiger partial charge in [-0.25, -0.2) is 0 Å². The summed E-state index contributed by atoms with van der Waals surface area (Å²) in [5.74, 6) is 0. The van der Waals surface area contributed by atoms with Crippen molar-refractivity contribution in [3.8, 4) is 0 Å². The Labute approximate surface area is 173 Å². The molecule has 0 heterocycles. The number of unbranched alkanes of at least 4 members (excludes halogenated alkanes) is 15. The largest absolute Gasteiger partial charge is 3.00 e. The Kier molecular flexibility index (Phi) is 52.3. The summed E-state index contributed by atoms with van der Waals surface area (Å²) in [7, 11) is 0. The van der Waals surface area contributed by atoms with Crippen molar-refractivity contribution in [2.75, 3.05) is 0 Å². The molecule has 1 radical (unpaired) electrons. The second kappa shape index (κ2) is 39.5. The zero-order chi connectivity index (χ0) is 18.7. The van der Waals surface area contributed by atoms with Gasteiger partial charge in [-0.05, 0) is 0 Å². The molecule has 1 heteroatoms.